The van der Waals surface area contributed by atoms with Crippen molar-refractivity contribution in [3.05, 3.63) is 0 Å². The predicted octanol–water partition coefficient (Wildman–Crippen LogP) is -3.67. The Morgan fingerprint density at radius 3 is 0.500 bits per heavy atom. The quantitative estimate of drug-likeness (QED) is 0.302. The van der Waals surface area contributed by atoms with E-state index >= 15 is 0 Å². The summed E-state index contributed by atoms with van der Waals surface area (Å²) >= 11 is 0. The van der Waals surface area contributed by atoms with Gasteiger partial charge in [0.2, 0.25) is 0 Å². The van der Waals surface area contributed by atoms with Crippen LogP contribution in [0.4, 0.5) is 0 Å². The molecule has 36 radical (unpaired) electrons. The molecule has 0 aromatic rings. The summed E-state index contributed by atoms with van der Waals surface area (Å²) in [4.78, 5) is 0. The topological polar surface area (TPSA) is 0 Å². The first-order chi connectivity index (χ1) is 7.49. The highest BCUT2D eigenvalue weighted by Crippen LogP contribution is 2.83. The molecule has 14 heteroatoms. The third kappa shape index (κ3) is 6.70. The van der Waals surface area contributed by atoms with Crippen molar-refractivity contribution in [2.75, 3.05) is 0 Å². The molecule has 0 aliphatic heterocycles. The van der Waals surface area contributed by atoms with E-state index in [-0.39, 0.29) is 0 Å². The van der Waals surface area contributed by atoms with Crippen LogP contribution in [0.25, 0.3) is 0 Å². The van der Waals surface area contributed by atoms with Crippen LogP contribution in [-0.4, -0.2) is 139 Å². The molecule has 0 N–H and O–H groups in total. The lowest BCUT2D eigenvalue weighted by molar-refractivity contribution is 1.56. The normalized spacial score (nSPS) is 15.7. The Morgan fingerprint density at radius 2 is 0.444 bits per heavy atom. The summed E-state index contributed by atoms with van der Waals surface area (Å²) in [5.74, 6) is 0. The molecule has 0 rings (SSSR count). The third-order valence-corrected chi connectivity index (χ3v) is 24.0. The van der Waals surface area contributed by atoms with Gasteiger partial charge in [0.25, 0.3) is 0 Å². The highest BCUT2D eigenvalue weighted by Gasteiger charge is 2.48. The van der Waals surface area contributed by atoms with Crippen molar-refractivity contribution in [1.29, 1.82) is 0 Å². The zero-order chi connectivity index (χ0) is 15.2. The summed E-state index contributed by atoms with van der Waals surface area (Å²) in [5, 5.41) is 0. The monoisotopic (exact) mass is 446 g/mol. The molecule has 0 saturated heterocycles. The fourth-order valence-electron chi connectivity index (χ4n) is 1.10. The highest BCUT2D eigenvalue weighted by molar-refractivity contribution is 8.37. The van der Waals surface area contributed by atoms with Gasteiger partial charge >= 0.3 is 0 Å². The summed E-state index contributed by atoms with van der Waals surface area (Å²) in [7, 11) is 42.4. The smallest absolute Gasteiger partial charge is 0.0279 e. The minimum Gasteiger partial charge on any atom is -0.0897 e. The molecule has 74 valence electrons. The molecule has 0 amide bonds. The lowest BCUT2D eigenvalue weighted by atomic mass is 11.7. The zero-order valence-corrected chi connectivity index (χ0v) is 22.7. The molecule has 0 aliphatic carbocycles. The molecule has 0 aromatic carbocycles. The first kappa shape index (κ1) is 21.5. The molecule has 0 aliphatic rings. The van der Waals surface area contributed by atoms with Gasteiger partial charge in [0, 0.05) is 123 Å². The van der Waals surface area contributed by atoms with Gasteiger partial charge in [-0.05, 0) is 16.1 Å². The van der Waals surface area contributed by atoms with Crippen molar-refractivity contribution >= 4 is 138 Å². The SMILES string of the molecule is [Si]C([Si])([Si])P(P(C([Si])([Si])[Si])C([Si])([Si])[Si])C([Si])([Si])[Si]. The van der Waals surface area contributed by atoms with Gasteiger partial charge in [-0.2, -0.15) is 0 Å². The second-order valence-electron chi connectivity index (χ2n) is 3.47. The molecular weight excluding hydrogens is 447 g/mol. The molecule has 0 bridgehead atoms. The van der Waals surface area contributed by atoms with E-state index in [1.807, 2.05) is 0 Å². The van der Waals surface area contributed by atoms with E-state index in [1.54, 1.807) is 0 Å². The second kappa shape index (κ2) is 6.92. The molecule has 18 heavy (non-hydrogen) atoms. The standard InChI is InChI=1S/C4P2Si12/c7-1(8,9)5(2(10,11)12)6(3(13,14)15)4(16,17)18. The molecule has 0 unspecified atom stereocenters. The molecule has 0 heterocycles. The van der Waals surface area contributed by atoms with Gasteiger partial charge in [-0.3, -0.25) is 0 Å². The Hall–Kier alpha value is 3.46. The molecule has 0 spiro atoms. The van der Waals surface area contributed by atoms with Gasteiger partial charge in [0.15, 0.2) is 0 Å². The first-order valence-electron chi connectivity index (χ1n) is 4.09. The Balaban J connectivity index is 5.84. The van der Waals surface area contributed by atoms with Crippen molar-refractivity contribution in [2.24, 2.45) is 0 Å². The third-order valence-electron chi connectivity index (χ3n) is 1.47. The van der Waals surface area contributed by atoms with Crippen LogP contribution in [0.15, 0.2) is 0 Å². The molecule has 0 fully saturated rings. The lowest BCUT2D eigenvalue weighted by Crippen LogP contribution is -2.48. The summed E-state index contributed by atoms with van der Waals surface area (Å²) in [5.41, 5.74) is 0. The maximum Gasteiger partial charge on any atom is 0.0279 e. The molecule has 0 aromatic heterocycles. The van der Waals surface area contributed by atoms with E-state index in [2.05, 4.69) is 123 Å². The Morgan fingerprint density at radius 1 is 0.333 bits per heavy atom. The lowest BCUT2D eigenvalue weighted by Gasteiger charge is -2.56. The van der Waals surface area contributed by atoms with Gasteiger partial charge in [-0.15, -0.1) is 0 Å². The van der Waals surface area contributed by atoms with Crippen LogP contribution in [0.3, 0.4) is 0 Å². The van der Waals surface area contributed by atoms with E-state index in [9.17, 15) is 0 Å². The van der Waals surface area contributed by atoms with Crippen LogP contribution in [0.1, 0.15) is 0 Å². The predicted molar refractivity (Wildman–Crippen MR) is 93.8 cm³/mol. The van der Waals surface area contributed by atoms with Crippen molar-refractivity contribution in [3.63, 3.8) is 0 Å². The van der Waals surface area contributed by atoms with Gasteiger partial charge in [-0.1, -0.05) is 15.2 Å². The van der Waals surface area contributed by atoms with Crippen molar-refractivity contribution in [2.45, 2.75) is 16.1 Å². The van der Waals surface area contributed by atoms with Crippen molar-refractivity contribution < 1.29 is 0 Å². The average molecular weight is 447 g/mol. The summed E-state index contributed by atoms with van der Waals surface area (Å²) in [6.07, 6.45) is 0. The van der Waals surface area contributed by atoms with Crippen LogP contribution in [0, 0.1) is 0 Å². The number of hydrogen-bond donors (Lipinski definition) is 0. The summed E-state index contributed by atoms with van der Waals surface area (Å²) in [6, 6.07) is 0. The van der Waals surface area contributed by atoms with Gasteiger partial charge in [-0.25, -0.2) is 0 Å². The molecular formula is C4P2Si12. The van der Waals surface area contributed by atoms with Crippen LogP contribution in [-0.2, 0) is 0 Å². The van der Waals surface area contributed by atoms with Crippen molar-refractivity contribution in [1.82, 2.24) is 0 Å². The van der Waals surface area contributed by atoms with Crippen LogP contribution >= 0.6 is 15.2 Å². The van der Waals surface area contributed by atoms with E-state index in [1.165, 1.54) is 0 Å². The van der Waals surface area contributed by atoms with Crippen LogP contribution in [0.2, 0.25) is 0 Å². The number of hydrogen-bond acceptors (Lipinski definition) is 0. The Labute approximate surface area is 153 Å². The minimum atomic E-state index is -0.828. The molecule has 0 nitrogen and oxygen atoms in total. The zero-order valence-electron chi connectivity index (χ0n) is 8.89. The Kier molecular flexibility index (Phi) is 8.25. The molecule has 0 atom stereocenters. The summed E-state index contributed by atoms with van der Waals surface area (Å²) < 4.78 is -1.94. The van der Waals surface area contributed by atoms with Crippen molar-refractivity contribution in [3.8, 4) is 0 Å². The second-order valence-corrected chi connectivity index (χ2v) is 29.8. The highest BCUT2D eigenvalue weighted by atomic mass is 32.1. The largest absolute Gasteiger partial charge is 0.0897 e. The Bertz CT molecular complexity index is 220. The summed E-state index contributed by atoms with van der Waals surface area (Å²) in [6.45, 7) is 0. The minimum absolute atomic E-state index is 0.485. The van der Waals surface area contributed by atoms with E-state index in [0.29, 0.717) is 0 Å². The van der Waals surface area contributed by atoms with Crippen LogP contribution < -0.4 is 0 Å². The molecule has 0 saturated carbocycles. The maximum absolute atomic E-state index is 3.67. The van der Waals surface area contributed by atoms with Gasteiger partial charge in [0.05, 0.1) is 0 Å². The van der Waals surface area contributed by atoms with Gasteiger partial charge < -0.3 is 0 Å². The fraction of sp³-hybridized carbons (Fsp3) is 1.00. The average Bonchev–Trinajstić information content (AvgIpc) is 1.89. The van der Waals surface area contributed by atoms with Gasteiger partial charge in [0.1, 0.15) is 0 Å². The number of rotatable bonds is 5. The van der Waals surface area contributed by atoms with E-state index in [0.717, 1.165) is 0 Å². The van der Waals surface area contributed by atoms with Crippen LogP contribution in [0.5, 0.6) is 0 Å². The maximum atomic E-state index is 3.67. The van der Waals surface area contributed by atoms with E-state index in [4.69, 9.17) is 0 Å². The fourth-order valence-corrected chi connectivity index (χ4v) is 29.8. The first-order valence-corrected chi connectivity index (χ1v) is 13.5. The van der Waals surface area contributed by atoms with E-state index < -0.39 is 31.3 Å².